The first-order chi connectivity index (χ1) is 26.0. The van der Waals surface area contributed by atoms with Crippen molar-refractivity contribution in [3.05, 3.63) is 138 Å². The number of allylic oxidation sites excluding steroid dienone is 7. The van der Waals surface area contributed by atoms with Gasteiger partial charge in [0, 0.05) is 16.7 Å². The maximum atomic E-state index is 14.1. The van der Waals surface area contributed by atoms with Gasteiger partial charge in [0.25, 0.3) is 0 Å². The summed E-state index contributed by atoms with van der Waals surface area (Å²) in [5.41, 5.74) is 12.7. The van der Waals surface area contributed by atoms with E-state index in [1.165, 1.54) is 51.4 Å². The standard InChI is InChI=1S/C48H59N3O2/c1-3-5-7-9-11-19-32-47(45(52)39-22-15-13-16-23-39)34-28-38(29-35-47)42-26-21-27-43-44(42)49-50-51(43)41-30-36-48(37-31-41,33-20-12-10-8-6-4-2)46(53)40-24-17-14-18-25-40/h13-18,21-31,34,36,49-50H,3-12,19-20,32-33,35,37H2,1-2H3. The molecule has 0 spiro atoms. The average molecular weight is 710 g/mol. The molecule has 0 radical (unpaired) electrons. The molecule has 5 heteroatoms. The van der Waals surface area contributed by atoms with E-state index in [-0.39, 0.29) is 11.6 Å². The van der Waals surface area contributed by atoms with Gasteiger partial charge in [-0.2, -0.15) is 0 Å². The molecule has 2 atom stereocenters. The second-order valence-electron chi connectivity index (χ2n) is 15.4. The number of Topliss-reactive ketones (excluding diaryl/α,β-unsaturated/α-hetero) is 2. The van der Waals surface area contributed by atoms with Gasteiger partial charge >= 0.3 is 0 Å². The lowest BCUT2D eigenvalue weighted by Gasteiger charge is -2.33. The summed E-state index contributed by atoms with van der Waals surface area (Å²) in [5.74, 6) is 0.430. The van der Waals surface area contributed by atoms with Gasteiger partial charge in [-0.05, 0) is 43.4 Å². The summed E-state index contributed by atoms with van der Waals surface area (Å²) in [6, 6.07) is 26.0. The number of nitrogens with zero attached hydrogens (tertiary/aromatic N) is 1. The molecule has 3 aromatic rings. The van der Waals surface area contributed by atoms with Crippen LogP contribution in [-0.2, 0) is 0 Å². The van der Waals surface area contributed by atoms with E-state index in [2.05, 4.69) is 84.5 Å². The minimum Gasteiger partial charge on any atom is -0.301 e. The van der Waals surface area contributed by atoms with Crippen LogP contribution in [0.4, 0.5) is 11.4 Å². The summed E-state index contributed by atoms with van der Waals surface area (Å²) in [5, 5.41) is 2.09. The van der Waals surface area contributed by atoms with Crippen LogP contribution in [0.25, 0.3) is 5.57 Å². The maximum absolute atomic E-state index is 14.1. The number of para-hydroxylation sites is 1. The lowest BCUT2D eigenvalue weighted by Crippen LogP contribution is -2.37. The molecule has 5 nitrogen and oxygen atoms in total. The first-order valence-electron chi connectivity index (χ1n) is 20.4. The highest BCUT2D eigenvalue weighted by molar-refractivity contribution is 6.04. The average Bonchev–Trinajstić information content (AvgIpc) is 3.66. The van der Waals surface area contributed by atoms with E-state index in [1.807, 2.05) is 60.7 Å². The molecule has 1 aliphatic heterocycles. The topological polar surface area (TPSA) is 61.4 Å². The number of unbranched alkanes of at least 4 members (excludes halogenated alkanes) is 10. The number of nitrogens with one attached hydrogen (secondary N) is 2. The Kier molecular flexibility index (Phi) is 13.4. The monoisotopic (exact) mass is 709 g/mol. The van der Waals surface area contributed by atoms with E-state index in [9.17, 15) is 9.59 Å². The Labute approximate surface area is 318 Å². The molecule has 0 fully saturated rings. The van der Waals surface area contributed by atoms with E-state index in [0.717, 1.165) is 77.9 Å². The normalized spacial score (nSPS) is 20.5. The Balaban J connectivity index is 1.18. The van der Waals surface area contributed by atoms with Crippen LogP contribution in [-0.4, -0.2) is 11.6 Å². The van der Waals surface area contributed by atoms with Gasteiger partial charge in [-0.15, -0.1) is 5.53 Å². The first-order valence-corrected chi connectivity index (χ1v) is 20.4. The highest BCUT2D eigenvalue weighted by Crippen LogP contribution is 2.45. The van der Waals surface area contributed by atoms with E-state index in [0.29, 0.717) is 12.8 Å². The Hall–Kier alpha value is -4.48. The number of hydrogen-bond donors (Lipinski definition) is 2. The molecule has 6 rings (SSSR count). The predicted molar refractivity (Wildman–Crippen MR) is 222 cm³/mol. The van der Waals surface area contributed by atoms with Gasteiger partial charge in [-0.1, -0.05) is 194 Å². The third-order valence-corrected chi connectivity index (χ3v) is 11.6. The second kappa shape index (κ2) is 18.5. The van der Waals surface area contributed by atoms with Gasteiger partial charge < -0.3 is 5.43 Å². The highest BCUT2D eigenvalue weighted by atomic mass is 16.1. The molecule has 0 saturated carbocycles. The fourth-order valence-corrected chi connectivity index (χ4v) is 8.31. The van der Waals surface area contributed by atoms with Gasteiger partial charge in [-0.25, -0.2) is 0 Å². The van der Waals surface area contributed by atoms with E-state index < -0.39 is 10.8 Å². The predicted octanol–water partition coefficient (Wildman–Crippen LogP) is 12.8. The van der Waals surface area contributed by atoms with Gasteiger partial charge in [0.15, 0.2) is 11.6 Å². The number of benzene rings is 3. The number of rotatable bonds is 20. The molecule has 2 unspecified atom stereocenters. The fourth-order valence-electron chi connectivity index (χ4n) is 8.31. The summed E-state index contributed by atoms with van der Waals surface area (Å²) < 4.78 is 0. The molecule has 0 bridgehead atoms. The number of hydrazine groups is 2. The Morgan fingerprint density at radius 1 is 0.604 bits per heavy atom. The highest BCUT2D eigenvalue weighted by Gasteiger charge is 2.39. The van der Waals surface area contributed by atoms with Gasteiger partial charge in [0.1, 0.15) is 0 Å². The largest absolute Gasteiger partial charge is 0.301 e. The van der Waals surface area contributed by atoms with Crippen LogP contribution in [0, 0.1) is 10.8 Å². The number of fused-ring (bicyclic) bond motifs is 1. The molecule has 2 aliphatic carbocycles. The molecular formula is C48H59N3O2. The summed E-state index contributed by atoms with van der Waals surface area (Å²) in [6.07, 6.45) is 30.7. The van der Waals surface area contributed by atoms with Crippen molar-refractivity contribution in [2.24, 2.45) is 10.8 Å². The Bertz CT molecular complexity index is 1810. The van der Waals surface area contributed by atoms with Gasteiger partial charge in [-0.3, -0.25) is 14.6 Å². The Morgan fingerprint density at radius 2 is 1.13 bits per heavy atom. The molecular weight excluding hydrogens is 651 g/mol. The third-order valence-electron chi connectivity index (χ3n) is 11.6. The molecule has 53 heavy (non-hydrogen) atoms. The minimum absolute atomic E-state index is 0.211. The summed E-state index contributed by atoms with van der Waals surface area (Å²) in [7, 11) is 0. The van der Waals surface area contributed by atoms with Crippen LogP contribution in [0.3, 0.4) is 0 Å². The molecule has 3 aliphatic rings. The molecule has 0 aromatic heterocycles. The smallest absolute Gasteiger partial charge is 0.173 e. The van der Waals surface area contributed by atoms with E-state index >= 15 is 0 Å². The summed E-state index contributed by atoms with van der Waals surface area (Å²) >= 11 is 0. The van der Waals surface area contributed by atoms with Crippen molar-refractivity contribution in [1.29, 1.82) is 0 Å². The maximum Gasteiger partial charge on any atom is 0.173 e. The van der Waals surface area contributed by atoms with Gasteiger partial charge in [0.2, 0.25) is 0 Å². The zero-order valence-electron chi connectivity index (χ0n) is 32.0. The third kappa shape index (κ3) is 9.01. The van der Waals surface area contributed by atoms with Crippen LogP contribution in [0.1, 0.15) is 143 Å². The zero-order valence-corrected chi connectivity index (χ0v) is 32.0. The quantitative estimate of drug-likeness (QED) is 0.0903. The van der Waals surface area contributed by atoms with Crippen molar-refractivity contribution < 1.29 is 9.59 Å². The van der Waals surface area contributed by atoms with Crippen LogP contribution >= 0.6 is 0 Å². The van der Waals surface area contributed by atoms with Crippen molar-refractivity contribution in [1.82, 2.24) is 5.53 Å². The summed E-state index contributed by atoms with van der Waals surface area (Å²) in [6.45, 7) is 4.49. The van der Waals surface area contributed by atoms with Crippen molar-refractivity contribution in [3.8, 4) is 0 Å². The van der Waals surface area contributed by atoms with Crippen LogP contribution in [0.15, 0.2) is 121 Å². The molecule has 278 valence electrons. The first kappa shape index (κ1) is 38.3. The van der Waals surface area contributed by atoms with Gasteiger partial charge in [0.05, 0.1) is 27.9 Å². The SMILES string of the molecule is CCCCCCCCC1(C(=O)c2ccccc2)C=CC(c2cccc3c2NNN3C2=CCC(CCCCCCCC)(C(=O)c3ccccc3)C=C2)=CC1. The van der Waals surface area contributed by atoms with E-state index in [4.69, 9.17) is 0 Å². The van der Waals surface area contributed by atoms with Crippen LogP contribution in [0.5, 0.6) is 0 Å². The molecule has 1 heterocycles. The molecule has 2 N–H and O–H groups in total. The van der Waals surface area contributed by atoms with E-state index in [1.54, 1.807) is 0 Å². The van der Waals surface area contributed by atoms with Crippen LogP contribution in [0.2, 0.25) is 0 Å². The molecule has 0 saturated heterocycles. The number of hydrogen-bond acceptors (Lipinski definition) is 5. The fraction of sp³-hybridized carbons (Fsp3) is 0.417. The lowest BCUT2D eigenvalue weighted by atomic mass is 9.70. The summed E-state index contributed by atoms with van der Waals surface area (Å²) in [4.78, 5) is 28.1. The Morgan fingerprint density at radius 3 is 1.64 bits per heavy atom. The molecule has 0 amide bonds. The van der Waals surface area contributed by atoms with Crippen molar-refractivity contribution in [2.45, 2.75) is 117 Å². The lowest BCUT2D eigenvalue weighted by molar-refractivity contribution is 0.0831. The molecule has 3 aromatic carbocycles. The van der Waals surface area contributed by atoms with Crippen molar-refractivity contribution >= 4 is 28.5 Å². The van der Waals surface area contributed by atoms with Crippen molar-refractivity contribution in [2.75, 3.05) is 10.4 Å². The zero-order chi connectivity index (χ0) is 36.9. The van der Waals surface area contributed by atoms with Crippen LogP contribution < -0.4 is 16.0 Å². The minimum atomic E-state index is -0.537. The number of ketones is 2. The number of carbonyl (C=O) groups is 2. The number of carbonyl (C=O) groups excluding carboxylic acids is 2. The number of anilines is 2. The second-order valence-corrected chi connectivity index (χ2v) is 15.4. The van der Waals surface area contributed by atoms with Crippen molar-refractivity contribution in [3.63, 3.8) is 0 Å².